The summed E-state index contributed by atoms with van der Waals surface area (Å²) in [5.41, 5.74) is -0.636. The van der Waals surface area contributed by atoms with Gasteiger partial charge in [-0.15, -0.1) is 11.3 Å². The van der Waals surface area contributed by atoms with Gasteiger partial charge in [0.2, 0.25) is 0 Å². The van der Waals surface area contributed by atoms with Crippen molar-refractivity contribution in [1.29, 1.82) is 0 Å². The fourth-order valence-electron chi connectivity index (χ4n) is 3.23. The van der Waals surface area contributed by atoms with E-state index in [-0.39, 0.29) is 5.91 Å². The molecule has 6 nitrogen and oxygen atoms in total. The summed E-state index contributed by atoms with van der Waals surface area (Å²) in [5, 5.41) is 16.5. The lowest BCUT2D eigenvalue weighted by atomic mass is 9.98. The number of piperidine rings is 1. The van der Waals surface area contributed by atoms with E-state index in [1.165, 1.54) is 4.88 Å². The van der Waals surface area contributed by atoms with Gasteiger partial charge in [-0.05, 0) is 58.2 Å². The van der Waals surface area contributed by atoms with Crippen LogP contribution in [0.25, 0.3) is 0 Å². The highest BCUT2D eigenvalue weighted by Gasteiger charge is 2.21. The first-order valence-electron chi connectivity index (χ1n) is 9.56. The summed E-state index contributed by atoms with van der Waals surface area (Å²) in [6.07, 6.45) is 2.24. The number of nitrogens with one attached hydrogen (secondary N) is 1. The molecule has 3 heterocycles. The standard InChI is InChI=1S/C21H27N3O3S/c1-15-11-19(23-27-15)20(25)22-12-16-5-4-10-24(13-16)14-18-7-6-17(28-18)8-9-21(2,3)26/h6-7,11,16,26H,4-5,10,12-14H2,1-3H3,(H,22,25)/t16-/m0/s1. The van der Waals surface area contributed by atoms with Gasteiger partial charge in [-0.2, -0.15) is 0 Å². The van der Waals surface area contributed by atoms with E-state index >= 15 is 0 Å². The molecule has 150 valence electrons. The SMILES string of the molecule is Cc1cc(C(=O)NC[C@@H]2CCCN(Cc3ccc(C#CC(C)(C)O)s3)C2)no1. The van der Waals surface area contributed by atoms with Gasteiger partial charge in [-0.3, -0.25) is 9.69 Å². The molecule has 1 aliphatic heterocycles. The van der Waals surface area contributed by atoms with Crippen molar-refractivity contribution in [1.82, 2.24) is 15.4 Å². The Morgan fingerprint density at radius 2 is 2.32 bits per heavy atom. The van der Waals surface area contributed by atoms with Gasteiger partial charge in [0.25, 0.3) is 5.91 Å². The molecule has 1 amide bonds. The topological polar surface area (TPSA) is 78.6 Å². The lowest BCUT2D eigenvalue weighted by Gasteiger charge is -2.32. The molecule has 28 heavy (non-hydrogen) atoms. The van der Waals surface area contributed by atoms with Gasteiger partial charge in [-0.1, -0.05) is 17.0 Å². The maximum Gasteiger partial charge on any atom is 0.273 e. The first-order chi connectivity index (χ1) is 13.3. The van der Waals surface area contributed by atoms with E-state index in [1.54, 1.807) is 38.2 Å². The molecule has 0 saturated carbocycles. The highest BCUT2D eigenvalue weighted by Crippen LogP contribution is 2.22. The molecule has 0 bridgehead atoms. The van der Waals surface area contributed by atoms with Crippen LogP contribution in [0.15, 0.2) is 22.7 Å². The average Bonchev–Trinajstić information content (AvgIpc) is 3.27. The number of rotatable bonds is 5. The number of thiophene rings is 1. The molecule has 0 radical (unpaired) electrons. The maximum atomic E-state index is 12.1. The summed E-state index contributed by atoms with van der Waals surface area (Å²) in [4.78, 5) is 16.8. The van der Waals surface area contributed by atoms with E-state index in [4.69, 9.17) is 4.52 Å². The Labute approximate surface area is 169 Å². The Bertz CT molecular complexity index is 869. The number of nitrogens with zero attached hydrogens (tertiary/aromatic N) is 2. The van der Waals surface area contributed by atoms with Gasteiger partial charge in [0.05, 0.1) is 4.88 Å². The summed E-state index contributed by atoms with van der Waals surface area (Å²) >= 11 is 1.67. The molecule has 3 rings (SSSR count). The van der Waals surface area contributed by atoms with Crippen LogP contribution >= 0.6 is 11.3 Å². The highest BCUT2D eigenvalue weighted by molar-refractivity contribution is 7.12. The summed E-state index contributed by atoms with van der Waals surface area (Å²) in [6.45, 7) is 8.71. The van der Waals surface area contributed by atoms with Gasteiger partial charge in [0.1, 0.15) is 11.4 Å². The third kappa shape index (κ3) is 6.20. The van der Waals surface area contributed by atoms with Crippen LogP contribution in [0.4, 0.5) is 0 Å². The van der Waals surface area contributed by atoms with Gasteiger partial charge in [0.15, 0.2) is 5.69 Å². The Hall–Kier alpha value is -2.14. The second kappa shape index (κ2) is 8.91. The minimum atomic E-state index is -0.973. The molecule has 1 saturated heterocycles. The monoisotopic (exact) mass is 401 g/mol. The van der Waals surface area contributed by atoms with E-state index < -0.39 is 5.60 Å². The fraction of sp³-hybridized carbons (Fsp3) is 0.524. The third-order valence-electron chi connectivity index (χ3n) is 4.55. The maximum absolute atomic E-state index is 12.1. The molecule has 1 aliphatic rings. The van der Waals surface area contributed by atoms with Crippen LogP contribution in [0.5, 0.6) is 0 Å². The summed E-state index contributed by atoms with van der Waals surface area (Å²) in [5.74, 6) is 6.78. The number of carbonyl (C=O) groups excluding carboxylic acids is 1. The zero-order valence-electron chi connectivity index (χ0n) is 16.6. The Morgan fingerprint density at radius 3 is 3.04 bits per heavy atom. The van der Waals surface area contributed by atoms with Crippen LogP contribution in [-0.4, -0.2) is 46.3 Å². The number of aromatic nitrogens is 1. The molecular formula is C21H27N3O3S. The molecule has 0 aromatic carbocycles. The largest absolute Gasteiger partial charge is 0.378 e. The van der Waals surface area contributed by atoms with Crippen LogP contribution in [-0.2, 0) is 6.54 Å². The first-order valence-corrected chi connectivity index (χ1v) is 10.4. The van der Waals surface area contributed by atoms with E-state index in [2.05, 4.69) is 33.3 Å². The zero-order chi connectivity index (χ0) is 20.1. The molecule has 1 atom stereocenters. The van der Waals surface area contributed by atoms with Crippen LogP contribution in [0.1, 0.15) is 52.7 Å². The molecule has 2 aromatic heterocycles. The van der Waals surface area contributed by atoms with E-state index in [0.29, 0.717) is 23.9 Å². The lowest BCUT2D eigenvalue weighted by molar-refractivity contribution is 0.0922. The third-order valence-corrected chi connectivity index (χ3v) is 5.53. The first kappa shape index (κ1) is 20.6. The van der Waals surface area contributed by atoms with Crippen LogP contribution in [0.3, 0.4) is 0 Å². The van der Waals surface area contributed by atoms with Gasteiger partial charge >= 0.3 is 0 Å². The lowest BCUT2D eigenvalue weighted by Crippen LogP contribution is -2.40. The summed E-state index contributed by atoms with van der Waals surface area (Å²) in [7, 11) is 0. The quantitative estimate of drug-likeness (QED) is 0.754. The van der Waals surface area contributed by atoms with Crippen LogP contribution < -0.4 is 5.32 Å². The van der Waals surface area contributed by atoms with E-state index in [0.717, 1.165) is 37.4 Å². The minimum absolute atomic E-state index is 0.178. The minimum Gasteiger partial charge on any atom is -0.378 e. The van der Waals surface area contributed by atoms with Crippen molar-refractivity contribution in [3.8, 4) is 11.8 Å². The van der Waals surface area contributed by atoms with Gasteiger partial charge < -0.3 is 14.9 Å². The van der Waals surface area contributed by atoms with Crippen molar-refractivity contribution in [2.24, 2.45) is 5.92 Å². The van der Waals surface area contributed by atoms with E-state index in [1.807, 2.05) is 6.07 Å². The second-order valence-electron chi connectivity index (χ2n) is 7.85. The smallest absolute Gasteiger partial charge is 0.273 e. The van der Waals surface area contributed by atoms with Crippen molar-refractivity contribution in [3.05, 3.63) is 39.4 Å². The Morgan fingerprint density at radius 1 is 1.50 bits per heavy atom. The van der Waals surface area contributed by atoms with Crippen molar-refractivity contribution >= 4 is 17.2 Å². The predicted molar refractivity (Wildman–Crippen MR) is 109 cm³/mol. The molecular weight excluding hydrogens is 374 g/mol. The van der Waals surface area contributed by atoms with Crippen molar-refractivity contribution < 1.29 is 14.4 Å². The molecule has 0 aliphatic carbocycles. The molecule has 0 unspecified atom stereocenters. The fourth-order valence-corrected chi connectivity index (χ4v) is 4.13. The second-order valence-corrected chi connectivity index (χ2v) is 9.02. The summed E-state index contributed by atoms with van der Waals surface area (Å²) in [6, 6.07) is 5.77. The number of hydrogen-bond acceptors (Lipinski definition) is 6. The average molecular weight is 402 g/mol. The van der Waals surface area contributed by atoms with Crippen molar-refractivity contribution in [2.75, 3.05) is 19.6 Å². The van der Waals surface area contributed by atoms with Crippen LogP contribution in [0, 0.1) is 24.7 Å². The van der Waals surface area contributed by atoms with E-state index in [9.17, 15) is 9.90 Å². The number of carbonyl (C=O) groups is 1. The van der Waals surface area contributed by atoms with Crippen molar-refractivity contribution in [3.63, 3.8) is 0 Å². The summed E-state index contributed by atoms with van der Waals surface area (Å²) < 4.78 is 4.96. The number of likely N-dealkylation sites (tertiary alicyclic amines) is 1. The molecule has 2 aromatic rings. The molecule has 2 N–H and O–H groups in total. The number of amides is 1. The number of aryl methyl sites for hydroxylation is 1. The van der Waals surface area contributed by atoms with Gasteiger partial charge in [0, 0.05) is 30.6 Å². The van der Waals surface area contributed by atoms with Crippen LogP contribution in [0.2, 0.25) is 0 Å². The normalized spacial score (nSPS) is 17.8. The number of hydrogen-bond donors (Lipinski definition) is 2. The zero-order valence-corrected chi connectivity index (χ0v) is 17.4. The molecule has 0 spiro atoms. The Kier molecular flexibility index (Phi) is 6.55. The number of aliphatic hydroxyl groups is 1. The van der Waals surface area contributed by atoms with Gasteiger partial charge in [-0.25, -0.2) is 0 Å². The highest BCUT2D eigenvalue weighted by atomic mass is 32.1. The molecule has 7 heteroatoms. The predicted octanol–water partition coefficient (Wildman–Crippen LogP) is 2.81. The van der Waals surface area contributed by atoms with Crippen molar-refractivity contribution in [2.45, 2.75) is 45.8 Å². The molecule has 1 fully saturated rings. The Balaban J connectivity index is 1.49.